The van der Waals surface area contributed by atoms with Crippen LogP contribution in [0.3, 0.4) is 0 Å². The summed E-state index contributed by atoms with van der Waals surface area (Å²) in [6.07, 6.45) is 3.84. The molecule has 4 rings (SSSR count). The topological polar surface area (TPSA) is 76.1 Å². The van der Waals surface area contributed by atoms with Gasteiger partial charge in [0.25, 0.3) is 0 Å². The third-order valence-electron chi connectivity index (χ3n) is 4.86. The van der Waals surface area contributed by atoms with E-state index in [1.54, 1.807) is 35.7 Å². The van der Waals surface area contributed by atoms with Gasteiger partial charge in [0.1, 0.15) is 5.78 Å². The van der Waals surface area contributed by atoms with Gasteiger partial charge in [-0.2, -0.15) is 11.3 Å². The largest absolute Gasteiger partial charge is 0.299 e. The number of carbonyl (C=O) groups is 1. The molecule has 0 spiro atoms. The van der Waals surface area contributed by atoms with Gasteiger partial charge >= 0.3 is 0 Å². The van der Waals surface area contributed by atoms with Crippen LogP contribution >= 0.6 is 11.3 Å². The Hall–Kier alpha value is -2.35. The van der Waals surface area contributed by atoms with E-state index in [2.05, 4.69) is 9.71 Å². The first-order valence-electron chi connectivity index (χ1n) is 9.52. The zero-order valence-electron chi connectivity index (χ0n) is 16.1. The lowest BCUT2D eigenvalue weighted by molar-refractivity contribution is -0.117. The zero-order chi connectivity index (χ0) is 20.4. The Kier molecular flexibility index (Phi) is 5.63. The van der Waals surface area contributed by atoms with Crippen LogP contribution in [0, 0.1) is 6.92 Å². The Balaban J connectivity index is 1.63. The zero-order valence-corrected chi connectivity index (χ0v) is 17.7. The van der Waals surface area contributed by atoms with Gasteiger partial charge in [0.05, 0.1) is 4.90 Å². The molecule has 1 aliphatic carbocycles. The number of nitrogens with zero attached hydrogens (tertiary/aromatic N) is 1. The Bertz CT molecular complexity index is 1130. The highest BCUT2D eigenvalue weighted by Crippen LogP contribution is 2.30. The Morgan fingerprint density at radius 3 is 2.69 bits per heavy atom. The maximum atomic E-state index is 12.8. The minimum atomic E-state index is -3.58. The van der Waals surface area contributed by atoms with Crippen molar-refractivity contribution in [2.24, 2.45) is 0 Å². The van der Waals surface area contributed by atoms with Crippen molar-refractivity contribution < 1.29 is 13.2 Å². The van der Waals surface area contributed by atoms with Crippen LogP contribution in [0.4, 0.5) is 0 Å². The van der Waals surface area contributed by atoms with Crippen molar-refractivity contribution in [1.29, 1.82) is 0 Å². The van der Waals surface area contributed by atoms with E-state index in [0.717, 1.165) is 40.8 Å². The minimum Gasteiger partial charge on any atom is -0.299 e. The smallest absolute Gasteiger partial charge is 0.240 e. The standard InChI is InChI=1S/C22H22N2O3S2/c1-15-6-8-23-19(10-15)13-20(25)11-17-12-21(29(26,27)24-18-2-3-18)4-5-22(17)16-7-9-28-14-16/h4-10,12,14,18,24H,2-3,11,13H2,1H3. The van der Waals surface area contributed by atoms with Gasteiger partial charge in [-0.3, -0.25) is 9.78 Å². The Morgan fingerprint density at radius 2 is 2.00 bits per heavy atom. The number of carbonyl (C=O) groups excluding carboxylic acids is 1. The van der Waals surface area contributed by atoms with Crippen LogP contribution in [0.2, 0.25) is 0 Å². The van der Waals surface area contributed by atoms with Gasteiger partial charge in [0.15, 0.2) is 0 Å². The van der Waals surface area contributed by atoms with Crippen molar-refractivity contribution in [3.63, 3.8) is 0 Å². The first-order chi connectivity index (χ1) is 13.9. The van der Waals surface area contributed by atoms with E-state index in [4.69, 9.17) is 0 Å². The molecular weight excluding hydrogens is 404 g/mol. The summed E-state index contributed by atoms with van der Waals surface area (Å²) in [6.45, 7) is 1.96. The number of benzene rings is 1. The van der Waals surface area contributed by atoms with E-state index in [-0.39, 0.29) is 29.6 Å². The fourth-order valence-electron chi connectivity index (χ4n) is 3.24. The van der Waals surface area contributed by atoms with Crippen LogP contribution in [-0.4, -0.2) is 25.2 Å². The molecule has 0 radical (unpaired) electrons. The molecule has 0 amide bonds. The molecule has 0 bridgehead atoms. The molecule has 1 saturated carbocycles. The summed E-state index contributed by atoms with van der Waals surface area (Å²) in [6, 6.07) is 10.9. The van der Waals surface area contributed by atoms with E-state index in [1.807, 2.05) is 35.9 Å². The molecule has 2 heterocycles. The quantitative estimate of drug-likeness (QED) is 0.592. The number of hydrogen-bond acceptors (Lipinski definition) is 5. The molecule has 150 valence electrons. The second kappa shape index (κ2) is 8.18. The second-order valence-electron chi connectivity index (χ2n) is 7.44. The lowest BCUT2D eigenvalue weighted by atomic mass is 9.96. The SMILES string of the molecule is Cc1ccnc(CC(=O)Cc2cc(S(=O)(=O)NC3CC3)ccc2-c2ccsc2)c1. The van der Waals surface area contributed by atoms with Crippen molar-refractivity contribution in [2.45, 2.75) is 43.5 Å². The molecule has 0 unspecified atom stereocenters. The summed E-state index contributed by atoms with van der Waals surface area (Å²) < 4.78 is 28.0. The van der Waals surface area contributed by atoms with E-state index in [1.165, 1.54) is 0 Å². The van der Waals surface area contributed by atoms with Crippen LogP contribution < -0.4 is 4.72 Å². The third kappa shape index (κ3) is 4.98. The molecule has 0 saturated heterocycles. The Labute approximate surface area is 174 Å². The number of aryl methyl sites for hydroxylation is 1. The molecule has 1 aliphatic rings. The number of ketones is 1. The Morgan fingerprint density at radius 1 is 1.17 bits per heavy atom. The number of aromatic nitrogens is 1. The molecular formula is C22H22N2O3S2. The van der Waals surface area contributed by atoms with Gasteiger partial charge in [0.2, 0.25) is 10.0 Å². The maximum Gasteiger partial charge on any atom is 0.240 e. The molecule has 1 N–H and O–H groups in total. The fraction of sp³-hybridized carbons (Fsp3) is 0.273. The molecule has 3 aromatic rings. The van der Waals surface area contributed by atoms with Gasteiger partial charge in [0, 0.05) is 30.8 Å². The number of sulfonamides is 1. The van der Waals surface area contributed by atoms with Crippen molar-refractivity contribution >= 4 is 27.1 Å². The molecule has 0 atom stereocenters. The number of hydrogen-bond donors (Lipinski definition) is 1. The number of pyridine rings is 1. The number of thiophene rings is 1. The maximum absolute atomic E-state index is 12.8. The summed E-state index contributed by atoms with van der Waals surface area (Å²) in [7, 11) is -3.58. The molecule has 29 heavy (non-hydrogen) atoms. The van der Waals surface area contributed by atoms with Gasteiger partial charge in [-0.25, -0.2) is 13.1 Å². The molecule has 5 nitrogen and oxygen atoms in total. The number of nitrogens with one attached hydrogen (secondary N) is 1. The highest BCUT2D eigenvalue weighted by Gasteiger charge is 2.28. The highest BCUT2D eigenvalue weighted by molar-refractivity contribution is 7.89. The van der Waals surface area contributed by atoms with E-state index < -0.39 is 10.0 Å². The number of Topliss-reactive ketones (excluding diaryl/α,β-unsaturated/α-hetero) is 1. The van der Waals surface area contributed by atoms with Crippen LogP contribution in [-0.2, 0) is 27.7 Å². The second-order valence-corrected chi connectivity index (χ2v) is 9.94. The number of rotatable bonds is 8. The van der Waals surface area contributed by atoms with E-state index >= 15 is 0 Å². The lowest BCUT2D eigenvalue weighted by Gasteiger charge is -2.12. The first-order valence-corrected chi connectivity index (χ1v) is 11.9. The summed E-state index contributed by atoms with van der Waals surface area (Å²) >= 11 is 1.57. The molecule has 1 aromatic carbocycles. The fourth-order valence-corrected chi connectivity index (χ4v) is 5.25. The van der Waals surface area contributed by atoms with Crippen molar-refractivity contribution in [1.82, 2.24) is 9.71 Å². The summed E-state index contributed by atoms with van der Waals surface area (Å²) in [5.74, 6) is 0.00396. The average molecular weight is 427 g/mol. The normalized spacial score (nSPS) is 14.1. The summed E-state index contributed by atoms with van der Waals surface area (Å²) in [5.41, 5.74) is 4.39. The summed E-state index contributed by atoms with van der Waals surface area (Å²) in [5, 5.41) is 3.97. The van der Waals surface area contributed by atoms with E-state index in [0.29, 0.717) is 0 Å². The first kappa shape index (κ1) is 19.9. The van der Waals surface area contributed by atoms with Gasteiger partial charge in [-0.1, -0.05) is 6.07 Å². The predicted molar refractivity (Wildman–Crippen MR) is 114 cm³/mol. The average Bonchev–Trinajstić information content (AvgIpc) is 3.29. The van der Waals surface area contributed by atoms with Crippen molar-refractivity contribution in [3.8, 4) is 11.1 Å². The van der Waals surface area contributed by atoms with Crippen LogP contribution in [0.1, 0.15) is 29.7 Å². The van der Waals surface area contributed by atoms with Crippen molar-refractivity contribution in [2.75, 3.05) is 0 Å². The third-order valence-corrected chi connectivity index (χ3v) is 7.06. The van der Waals surface area contributed by atoms with E-state index in [9.17, 15) is 13.2 Å². The molecule has 1 fully saturated rings. The van der Waals surface area contributed by atoms with Gasteiger partial charge < -0.3 is 0 Å². The van der Waals surface area contributed by atoms with Crippen LogP contribution in [0.25, 0.3) is 11.1 Å². The monoisotopic (exact) mass is 426 g/mol. The molecule has 0 aliphatic heterocycles. The van der Waals surface area contributed by atoms with Gasteiger partial charge in [-0.05, 0) is 83.1 Å². The lowest BCUT2D eigenvalue weighted by Crippen LogP contribution is -2.25. The predicted octanol–water partition coefficient (Wildman–Crippen LogP) is 3.91. The summed E-state index contributed by atoms with van der Waals surface area (Å²) in [4.78, 5) is 17.2. The van der Waals surface area contributed by atoms with Crippen molar-refractivity contribution in [3.05, 3.63) is 70.2 Å². The molecule has 2 aromatic heterocycles. The van der Waals surface area contributed by atoms with Crippen LogP contribution in [0.15, 0.2) is 58.3 Å². The molecule has 7 heteroatoms. The minimum absolute atomic E-state index is 0.00396. The highest BCUT2D eigenvalue weighted by atomic mass is 32.2. The van der Waals surface area contributed by atoms with Gasteiger partial charge in [-0.15, -0.1) is 0 Å². The van der Waals surface area contributed by atoms with Crippen LogP contribution in [0.5, 0.6) is 0 Å².